The lowest BCUT2D eigenvalue weighted by Crippen LogP contribution is -2.42. The third-order valence-corrected chi connectivity index (χ3v) is 8.52. The van der Waals surface area contributed by atoms with Crippen molar-refractivity contribution in [3.8, 4) is 17.0 Å². The topological polar surface area (TPSA) is 118 Å². The summed E-state index contributed by atoms with van der Waals surface area (Å²) < 4.78 is 11.9. The minimum absolute atomic E-state index is 0.0961. The summed E-state index contributed by atoms with van der Waals surface area (Å²) in [6.45, 7) is 4.22. The molecule has 3 N–H and O–H groups in total. The fourth-order valence-electron chi connectivity index (χ4n) is 5.45. The number of aromatic carboxylic acids is 1. The molecule has 1 aromatic heterocycles. The van der Waals surface area contributed by atoms with Crippen LogP contribution in [-0.2, 0) is 12.2 Å². The highest BCUT2D eigenvalue weighted by molar-refractivity contribution is 6.33. The molecule has 0 amide bonds. The molecule has 0 spiro atoms. The first-order valence-corrected chi connectivity index (χ1v) is 14.2. The Bertz CT molecular complexity index is 1570. The van der Waals surface area contributed by atoms with E-state index in [4.69, 9.17) is 37.6 Å². The van der Waals surface area contributed by atoms with Crippen molar-refractivity contribution in [1.29, 1.82) is 0 Å². The number of hydrogen-bond acceptors (Lipinski definition) is 7. The normalized spacial score (nSPS) is 17.9. The summed E-state index contributed by atoms with van der Waals surface area (Å²) in [6.07, 6.45) is 0.958. The van der Waals surface area contributed by atoms with Crippen molar-refractivity contribution >= 4 is 34.9 Å². The number of hydrogen-bond donors (Lipinski definition) is 3. The van der Waals surface area contributed by atoms with Gasteiger partial charge in [0.25, 0.3) is 0 Å². The van der Waals surface area contributed by atoms with Crippen molar-refractivity contribution in [1.82, 2.24) is 10.5 Å². The van der Waals surface area contributed by atoms with E-state index < -0.39 is 11.6 Å². The lowest BCUT2D eigenvalue weighted by atomic mass is 9.84. The van der Waals surface area contributed by atoms with Gasteiger partial charge in [0.15, 0.2) is 5.76 Å². The van der Waals surface area contributed by atoms with Crippen LogP contribution in [0.4, 0.5) is 5.69 Å². The molecule has 6 rings (SSSR count). The first kappa shape index (κ1) is 27.6. The van der Waals surface area contributed by atoms with Gasteiger partial charge in [-0.05, 0) is 67.8 Å². The molecule has 0 aliphatic carbocycles. The molecule has 2 saturated heterocycles. The molecule has 10 heteroatoms. The molecule has 1 atom stereocenters. The van der Waals surface area contributed by atoms with Gasteiger partial charge in [0.05, 0.1) is 32.8 Å². The van der Waals surface area contributed by atoms with Crippen molar-refractivity contribution in [3.63, 3.8) is 0 Å². The minimum atomic E-state index is -1.08. The maximum Gasteiger partial charge on any atom is 0.335 e. The Kier molecular flexibility index (Phi) is 7.42. The maximum atomic E-state index is 11.5. The van der Waals surface area contributed by atoms with Crippen LogP contribution in [-0.4, -0.2) is 41.0 Å². The van der Waals surface area contributed by atoms with Crippen LogP contribution >= 0.6 is 23.2 Å². The average molecular weight is 594 g/mol. The van der Waals surface area contributed by atoms with E-state index in [0.717, 1.165) is 34.7 Å². The van der Waals surface area contributed by atoms with Gasteiger partial charge in [-0.25, -0.2) is 4.79 Å². The number of nitrogens with zero attached hydrogens (tertiary/aromatic N) is 2. The second-order valence-corrected chi connectivity index (χ2v) is 11.4. The molecule has 3 heterocycles. The van der Waals surface area contributed by atoms with E-state index in [1.807, 2.05) is 37.3 Å². The van der Waals surface area contributed by atoms with Gasteiger partial charge in [0, 0.05) is 36.4 Å². The highest BCUT2D eigenvalue weighted by atomic mass is 35.5. The van der Waals surface area contributed by atoms with E-state index in [9.17, 15) is 9.90 Å². The number of carbonyl (C=O) groups is 1. The average Bonchev–Trinajstić information content (AvgIpc) is 3.72. The summed E-state index contributed by atoms with van der Waals surface area (Å²) in [7, 11) is 0. The van der Waals surface area contributed by atoms with Gasteiger partial charge < -0.3 is 29.7 Å². The third kappa shape index (κ3) is 5.53. The van der Waals surface area contributed by atoms with Gasteiger partial charge in [-0.15, -0.1) is 0 Å². The van der Waals surface area contributed by atoms with Crippen molar-refractivity contribution in [2.45, 2.75) is 38.0 Å². The van der Waals surface area contributed by atoms with Gasteiger partial charge in [0.2, 0.25) is 0 Å². The van der Waals surface area contributed by atoms with Crippen molar-refractivity contribution < 1.29 is 24.3 Å². The van der Waals surface area contributed by atoms with Gasteiger partial charge in [-0.2, -0.15) is 0 Å². The molecule has 2 fully saturated rings. The second kappa shape index (κ2) is 11.0. The number of carboxylic acids is 1. The molecule has 8 nitrogen and oxygen atoms in total. The first-order valence-electron chi connectivity index (χ1n) is 13.4. The van der Waals surface area contributed by atoms with Crippen molar-refractivity contribution in [2.75, 3.05) is 24.5 Å². The molecule has 1 unspecified atom stereocenters. The number of benzene rings is 3. The van der Waals surface area contributed by atoms with Crippen LogP contribution in [0.1, 0.15) is 51.7 Å². The number of ether oxygens (including phenoxy) is 1. The molecule has 41 heavy (non-hydrogen) atoms. The van der Waals surface area contributed by atoms with E-state index in [-0.39, 0.29) is 18.2 Å². The Labute approximate surface area is 247 Å². The Morgan fingerprint density at radius 3 is 2.49 bits per heavy atom. The smallest absolute Gasteiger partial charge is 0.335 e. The van der Waals surface area contributed by atoms with E-state index in [1.54, 1.807) is 30.3 Å². The van der Waals surface area contributed by atoms with Gasteiger partial charge in [0.1, 0.15) is 18.1 Å². The molecule has 2 aliphatic rings. The molecule has 4 aromatic rings. The minimum Gasteiger partial charge on any atom is -0.489 e. The summed E-state index contributed by atoms with van der Waals surface area (Å²) in [5, 5.41) is 29.3. The number of nitrogens with one attached hydrogen (secondary N) is 1. The maximum absolute atomic E-state index is 11.5. The zero-order valence-corrected chi connectivity index (χ0v) is 23.9. The molecule has 3 aromatic carbocycles. The fourth-order valence-corrected chi connectivity index (χ4v) is 6.10. The van der Waals surface area contributed by atoms with Crippen LogP contribution in [0.15, 0.2) is 65.2 Å². The van der Waals surface area contributed by atoms with E-state index in [0.29, 0.717) is 53.0 Å². The molecule has 0 saturated carbocycles. The molecular weight excluding hydrogens is 565 g/mol. The van der Waals surface area contributed by atoms with Gasteiger partial charge in [-0.3, -0.25) is 0 Å². The summed E-state index contributed by atoms with van der Waals surface area (Å²) in [4.78, 5) is 13.3. The first-order chi connectivity index (χ1) is 19.7. The standard InChI is InChI=1S/C31H29Cl2N3O5/c1-18-3-2-4-24(32)27(18)28-22(29(41-35-28)26-16-34-26)17-40-21-9-10-23(25(33)15-21)31(39)11-13-36(14-12-31)20-7-5-19(6-8-20)30(37)38/h2-10,15,26,34,39H,11-14,16-17H2,1H3,(H,37,38). The monoisotopic (exact) mass is 593 g/mol. The van der Waals surface area contributed by atoms with Crippen LogP contribution in [0.3, 0.4) is 0 Å². The fraction of sp³-hybridized carbons (Fsp3) is 0.290. The zero-order chi connectivity index (χ0) is 28.7. The van der Waals surface area contributed by atoms with E-state index >= 15 is 0 Å². The highest BCUT2D eigenvalue weighted by Gasteiger charge is 2.36. The van der Waals surface area contributed by atoms with Gasteiger partial charge >= 0.3 is 5.97 Å². The number of rotatable bonds is 8. The van der Waals surface area contributed by atoms with Crippen molar-refractivity contribution in [3.05, 3.63) is 98.7 Å². The highest BCUT2D eigenvalue weighted by Crippen LogP contribution is 2.41. The number of aryl methyl sites for hydroxylation is 1. The number of aromatic nitrogens is 1. The number of anilines is 1. The molecule has 2 aliphatic heterocycles. The lowest BCUT2D eigenvalue weighted by Gasteiger charge is -2.40. The Morgan fingerprint density at radius 1 is 1.12 bits per heavy atom. The summed E-state index contributed by atoms with van der Waals surface area (Å²) in [5.41, 5.74) is 4.06. The van der Waals surface area contributed by atoms with Crippen LogP contribution < -0.4 is 15.0 Å². The Balaban J connectivity index is 1.16. The van der Waals surface area contributed by atoms with E-state index in [1.165, 1.54) is 0 Å². The molecule has 0 radical (unpaired) electrons. The largest absolute Gasteiger partial charge is 0.489 e. The van der Waals surface area contributed by atoms with Crippen LogP contribution in [0.25, 0.3) is 11.3 Å². The van der Waals surface area contributed by atoms with Crippen molar-refractivity contribution in [2.24, 2.45) is 0 Å². The number of halogens is 2. The predicted octanol–water partition coefficient (Wildman–Crippen LogP) is 6.37. The predicted molar refractivity (Wildman–Crippen MR) is 157 cm³/mol. The third-order valence-electron chi connectivity index (χ3n) is 7.90. The summed E-state index contributed by atoms with van der Waals surface area (Å²) in [5.74, 6) is 0.348. The second-order valence-electron chi connectivity index (χ2n) is 10.6. The van der Waals surface area contributed by atoms with Crippen LogP contribution in [0.5, 0.6) is 5.75 Å². The quantitative estimate of drug-likeness (QED) is 0.202. The summed E-state index contributed by atoms with van der Waals surface area (Å²) in [6, 6.07) is 18.0. The summed E-state index contributed by atoms with van der Waals surface area (Å²) >= 11 is 13.2. The number of carboxylic acid groups (broad SMARTS) is 1. The lowest BCUT2D eigenvalue weighted by molar-refractivity contribution is 0.0118. The Hall–Kier alpha value is -3.56. The van der Waals surface area contributed by atoms with Gasteiger partial charge in [-0.1, -0.05) is 46.6 Å². The molecule has 0 bridgehead atoms. The number of aliphatic hydroxyl groups is 1. The van der Waals surface area contributed by atoms with Crippen LogP contribution in [0.2, 0.25) is 10.0 Å². The van der Waals surface area contributed by atoms with Crippen LogP contribution in [0, 0.1) is 6.92 Å². The number of piperidine rings is 1. The Morgan fingerprint density at radius 2 is 1.85 bits per heavy atom. The zero-order valence-electron chi connectivity index (χ0n) is 22.4. The van der Waals surface area contributed by atoms with E-state index in [2.05, 4.69) is 15.4 Å². The molecular formula is C31H29Cl2N3O5. The SMILES string of the molecule is Cc1cccc(Cl)c1-c1noc(C2CN2)c1COc1ccc(C2(O)CCN(c3ccc(C(=O)O)cc3)CC2)c(Cl)c1. The molecule has 212 valence electrons.